The molecule has 1 aliphatic heterocycles. The molecule has 0 saturated heterocycles. The zero-order chi connectivity index (χ0) is 13.9. The third-order valence-electron chi connectivity index (χ3n) is 4.27. The fourth-order valence-electron chi connectivity index (χ4n) is 3.11. The van der Waals surface area contributed by atoms with Crippen molar-refractivity contribution in [1.82, 2.24) is 5.32 Å². The van der Waals surface area contributed by atoms with Gasteiger partial charge < -0.3 is 5.32 Å². The molecule has 1 unspecified atom stereocenters. The van der Waals surface area contributed by atoms with Crippen LogP contribution in [0.3, 0.4) is 0 Å². The smallest absolute Gasteiger partial charge is 0.123 e. The lowest BCUT2D eigenvalue weighted by Gasteiger charge is -2.26. The molecule has 0 fully saturated rings. The third-order valence-corrected chi connectivity index (χ3v) is 4.27. The predicted molar refractivity (Wildman–Crippen MR) is 80.3 cm³/mol. The Morgan fingerprint density at radius 2 is 2.05 bits per heavy atom. The zero-order valence-electron chi connectivity index (χ0n) is 11.8. The van der Waals surface area contributed by atoms with E-state index in [4.69, 9.17) is 0 Å². The Hall–Kier alpha value is -1.67. The maximum absolute atomic E-state index is 13.1. The second-order valence-electron chi connectivity index (χ2n) is 5.64. The molecule has 1 atom stereocenters. The number of benzene rings is 2. The minimum absolute atomic E-state index is 0.143. The van der Waals surface area contributed by atoms with Crippen LogP contribution < -0.4 is 5.32 Å². The fraction of sp³-hybridized carbons (Fsp3) is 0.333. The van der Waals surface area contributed by atoms with Gasteiger partial charge in [-0.3, -0.25) is 0 Å². The summed E-state index contributed by atoms with van der Waals surface area (Å²) < 4.78 is 13.1. The Morgan fingerprint density at radius 1 is 1.20 bits per heavy atom. The minimum atomic E-state index is -0.143. The Morgan fingerprint density at radius 3 is 2.90 bits per heavy atom. The van der Waals surface area contributed by atoms with E-state index in [2.05, 4.69) is 29.6 Å². The van der Waals surface area contributed by atoms with Crippen molar-refractivity contribution in [3.63, 3.8) is 0 Å². The summed E-state index contributed by atoms with van der Waals surface area (Å²) in [4.78, 5) is 0. The zero-order valence-corrected chi connectivity index (χ0v) is 11.8. The molecule has 0 amide bonds. The van der Waals surface area contributed by atoms with Crippen LogP contribution in [0.2, 0.25) is 0 Å². The first kappa shape index (κ1) is 13.3. The summed E-state index contributed by atoms with van der Waals surface area (Å²) >= 11 is 0. The lowest BCUT2D eigenvalue weighted by molar-refractivity contribution is 0.513. The number of nitrogens with one attached hydrogen (secondary N) is 1. The first-order valence-electron chi connectivity index (χ1n) is 7.27. The van der Waals surface area contributed by atoms with Crippen molar-refractivity contribution in [1.29, 1.82) is 0 Å². The Balaban J connectivity index is 1.73. The van der Waals surface area contributed by atoms with Crippen LogP contribution in [0.1, 0.15) is 34.6 Å². The third kappa shape index (κ3) is 2.75. The van der Waals surface area contributed by atoms with Crippen LogP contribution >= 0.6 is 0 Å². The van der Waals surface area contributed by atoms with Crippen molar-refractivity contribution >= 4 is 0 Å². The number of rotatable bonds is 3. The molecule has 0 aromatic heterocycles. The van der Waals surface area contributed by atoms with Gasteiger partial charge in [-0.05, 0) is 60.1 Å². The minimum Gasteiger partial charge on any atom is -0.312 e. The van der Waals surface area contributed by atoms with Gasteiger partial charge in [-0.2, -0.15) is 0 Å². The molecule has 3 rings (SSSR count). The van der Waals surface area contributed by atoms with Crippen LogP contribution in [0.15, 0.2) is 42.5 Å². The van der Waals surface area contributed by atoms with E-state index >= 15 is 0 Å². The summed E-state index contributed by atoms with van der Waals surface area (Å²) in [6, 6.07) is 13.8. The number of aryl methyl sites for hydroxylation is 2. The molecule has 0 saturated carbocycles. The molecule has 0 radical (unpaired) electrons. The summed E-state index contributed by atoms with van der Waals surface area (Å²) in [5.41, 5.74) is 5.21. The topological polar surface area (TPSA) is 12.0 Å². The molecule has 1 nitrogen and oxygen atoms in total. The van der Waals surface area contributed by atoms with Crippen LogP contribution in [-0.2, 0) is 13.0 Å². The average Bonchev–Trinajstić information content (AvgIpc) is 2.46. The highest BCUT2D eigenvalue weighted by molar-refractivity contribution is 5.33. The number of fused-ring (bicyclic) bond motifs is 1. The summed E-state index contributed by atoms with van der Waals surface area (Å²) in [5, 5.41) is 3.49. The molecule has 104 valence electrons. The molecule has 1 heterocycles. The number of hydrogen-bond donors (Lipinski definition) is 1. The standard InChI is InChI=1S/C18H20FN/c1-13-10-17(19)9-8-14(13)6-7-16-12-20-11-15-4-2-3-5-18(15)16/h2-5,8-10,16,20H,6-7,11-12H2,1H3. The summed E-state index contributed by atoms with van der Waals surface area (Å²) in [6.07, 6.45) is 2.11. The predicted octanol–water partition coefficient (Wildman–Crippen LogP) is 3.95. The molecule has 0 spiro atoms. The van der Waals surface area contributed by atoms with Crippen LogP contribution in [-0.4, -0.2) is 6.54 Å². The molecule has 2 aromatic carbocycles. The quantitative estimate of drug-likeness (QED) is 0.889. The highest BCUT2D eigenvalue weighted by atomic mass is 19.1. The largest absolute Gasteiger partial charge is 0.312 e. The Labute approximate surface area is 119 Å². The van der Waals surface area contributed by atoms with E-state index in [1.807, 2.05) is 13.0 Å². The Kier molecular flexibility index (Phi) is 3.83. The van der Waals surface area contributed by atoms with E-state index in [0.29, 0.717) is 5.92 Å². The monoisotopic (exact) mass is 269 g/mol. The first-order chi connectivity index (χ1) is 9.74. The molecule has 2 aromatic rings. The lowest BCUT2D eigenvalue weighted by Crippen LogP contribution is -2.28. The van der Waals surface area contributed by atoms with Gasteiger partial charge in [0.1, 0.15) is 5.82 Å². The van der Waals surface area contributed by atoms with E-state index in [1.165, 1.54) is 16.7 Å². The van der Waals surface area contributed by atoms with Gasteiger partial charge in [0, 0.05) is 13.1 Å². The van der Waals surface area contributed by atoms with Gasteiger partial charge in [-0.25, -0.2) is 4.39 Å². The maximum atomic E-state index is 13.1. The summed E-state index contributed by atoms with van der Waals surface area (Å²) in [7, 11) is 0. The van der Waals surface area contributed by atoms with Crippen LogP contribution in [0.25, 0.3) is 0 Å². The molecule has 1 aliphatic rings. The van der Waals surface area contributed by atoms with E-state index in [-0.39, 0.29) is 5.82 Å². The van der Waals surface area contributed by atoms with Gasteiger partial charge in [-0.15, -0.1) is 0 Å². The highest BCUT2D eigenvalue weighted by Gasteiger charge is 2.19. The molecule has 2 heteroatoms. The SMILES string of the molecule is Cc1cc(F)ccc1CCC1CNCc2ccccc21. The average molecular weight is 269 g/mol. The van der Waals surface area contributed by atoms with Crippen LogP contribution in [0.4, 0.5) is 4.39 Å². The molecule has 0 aliphatic carbocycles. The Bertz CT molecular complexity index is 606. The first-order valence-corrected chi connectivity index (χ1v) is 7.27. The normalized spacial score (nSPS) is 17.8. The molecular formula is C18H20FN. The van der Waals surface area contributed by atoms with E-state index in [0.717, 1.165) is 31.5 Å². The van der Waals surface area contributed by atoms with Crippen molar-refractivity contribution in [3.8, 4) is 0 Å². The van der Waals surface area contributed by atoms with Gasteiger partial charge >= 0.3 is 0 Å². The van der Waals surface area contributed by atoms with Crippen molar-refractivity contribution in [2.45, 2.75) is 32.2 Å². The van der Waals surface area contributed by atoms with Gasteiger partial charge in [0.25, 0.3) is 0 Å². The fourth-order valence-corrected chi connectivity index (χ4v) is 3.11. The van der Waals surface area contributed by atoms with Crippen LogP contribution in [0, 0.1) is 12.7 Å². The summed E-state index contributed by atoms with van der Waals surface area (Å²) in [5.74, 6) is 0.417. The maximum Gasteiger partial charge on any atom is 0.123 e. The molecule has 1 N–H and O–H groups in total. The van der Waals surface area contributed by atoms with E-state index in [9.17, 15) is 4.39 Å². The van der Waals surface area contributed by atoms with Gasteiger partial charge in [0.2, 0.25) is 0 Å². The summed E-state index contributed by atoms with van der Waals surface area (Å²) in [6.45, 7) is 4.00. The second-order valence-corrected chi connectivity index (χ2v) is 5.64. The van der Waals surface area contributed by atoms with Gasteiger partial charge in [0.15, 0.2) is 0 Å². The van der Waals surface area contributed by atoms with Crippen LogP contribution in [0.5, 0.6) is 0 Å². The molecule has 20 heavy (non-hydrogen) atoms. The van der Waals surface area contributed by atoms with Crippen molar-refractivity contribution in [3.05, 3.63) is 70.5 Å². The number of halogens is 1. The molecular weight excluding hydrogens is 249 g/mol. The molecule has 0 bridgehead atoms. The van der Waals surface area contributed by atoms with Crippen molar-refractivity contribution in [2.75, 3.05) is 6.54 Å². The lowest BCUT2D eigenvalue weighted by atomic mass is 9.86. The van der Waals surface area contributed by atoms with Crippen molar-refractivity contribution in [2.24, 2.45) is 0 Å². The number of hydrogen-bond acceptors (Lipinski definition) is 1. The van der Waals surface area contributed by atoms with Gasteiger partial charge in [0.05, 0.1) is 0 Å². The van der Waals surface area contributed by atoms with E-state index < -0.39 is 0 Å². The van der Waals surface area contributed by atoms with Gasteiger partial charge in [-0.1, -0.05) is 30.3 Å². The second kappa shape index (κ2) is 5.76. The van der Waals surface area contributed by atoms with E-state index in [1.54, 1.807) is 12.1 Å². The van der Waals surface area contributed by atoms with Crippen molar-refractivity contribution < 1.29 is 4.39 Å². The highest BCUT2D eigenvalue weighted by Crippen LogP contribution is 2.28.